The van der Waals surface area contributed by atoms with E-state index in [1.54, 1.807) is 36.4 Å². The maximum absolute atomic E-state index is 12.9. The zero-order valence-corrected chi connectivity index (χ0v) is 17.8. The van der Waals surface area contributed by atoms with Crippen molar-refractivity contribution in [1.82, 2.24) is 15.6 Å². The van der Waals surface area contributed by atoms with Gasteiger partial charge in [0, 0.05) is 28.4 Å². The predicted molar refractivity (Wildman–Crippen MR) is 118 cm³/mol. The molecule has 0 aliphatic heterocycles. The molecule has 2 atom stereocenters. The Morgan fingerprint density at radius 1 is 1.16 bits per heavy atom. The molecule has 0 saturated carbocycles. The number of amides is 2. The molecule has 1 aliphatic rings. The summed E-state index contributed by atoms with van der Waals surface area (Å²) in [4.78, 5) is 38.9. The van der Waals surface area contributed by atoms with Gasteiger partial charge in [-0.1, -0.05) is 35.9 Å². The molecule has 166 valence electrons. The largest absolute Gasteiger partial charge is 0.480 e. The molecule has 0 radical (unpaired) electrons. The van der Waals surface area contributed by atoms with Gasteiger partial charge in [0.1, 0.15) is 17.8 Å². The van der Waals surface area contributed by atoms with Gasteiger partial charge in [0.15, 0.2) is 0 Å². The lowest BCUT2D eigenvalue weighted by Gasteiger charge is -2.38. The second-order valence-corrected chi connectivity index (χ2v) is 8.47. The molecule has 1 unspecified atom stereocenters. The Bertz CT molecular complexity index is 1210. The summed E-state index contributed by atoms with van der Waals surface area (Å²) in [5.41, 5.74) is 1.03. The van der Waals surface area contributed by atoms with Gasteiger partial charge in [0.2, 0.25) is 5.91 Å². The van der Waals surface area contributed by atoms with Crippen molar-refractivity contribution in [2.24, 2.45) is 0 Å². The average molecular weight is 456 g/mol. The molecule has 0 bridgehead atoms. The van der Waals surface area contributed by atoms with Crippen LogP contribution in [0.25, 0.3) is 10.9 Å². The lowest BCUT2D eigenvalue weighted by molar-refractivity contribution is -0.139. The van der Waals surface area contributed by atoms with Crippen LogP contribution >= 0.6 is 11.6 Å². The number of hydrogen-bond donors (Lipinski definition) is 5. The molecule has 0 fully saturated rings. The van der Waals surface area contributed by atoms with E-state index in [1.807, 2.05) is 12.1 Å². The molecular weight excluding hydrogens is 434 g/mol. The van der Waals surface area contributed by atoms with Gasteiger partial charge in [-0.25, -0.2) is 0 Å². The third-order valence-electron chi connectivity index (χ3n) is 5.62. The Morgan fingerprint density at radius 2 is 1.94 bits per heavy atom. The summed E-state index contributed by atoms with van der Waals surface area (Å²) in [6.45, 7) is -0.527. The summed E-state index contributed by atoms with van der Waals surface area (Å²) < 4.78 is 0. The Labute approximate surface area is 188 Å². The molecule has 8 nitrogen and oxygen atoms in total. The summed E-state index contributed by atoms with van der Waals surface area (Å²) in [5.74, 6) is -2.08. The normalized spacial score (nSPS) is 19.9. The van der Waals surface area contributed by atoms with Crippen LogP contribution in [-0.4, -0.2) is 45.6 Å². The van der Waals surface area contributed by atoms with Crippen LogP contribution in [0.2, 0.25) is 5.02 Å². The Kier molecular flexibility index (Phi) is 5.90. The Morgan fingerprint density at radius 3 is 2.72 bits per heavy atom. The van der Waals surface area contributed by atoms with E-state index in [-0.39, 0.29) is 18.7 Å². The molecule has 32 heavy (non-hydrogen) atoms. The van der Waals surface area contributed by atoms with E-state index in [0.717, 1.165) is 16.5 Å². The second-order valence-electron chi connectivity index (χ2n) is 8.03. The number of carbonyl (C=O) groups is 3. The van der Waals surface area contributed by atoms with Crippen LogP contribution in [0.4, 0.5) is 0 Å². The van der Waals surface area contributed by atoms with Gasteiger partial charge in [0.05, 0.1) is 6.42 Å². The first-order chi connectivity index (χ1) is 15.2. The van der Waals surface area contributed by atoms with Crippen LogP contribution in [0.3, 0.4) is 0 Å². The van der Waals surface area contributed by atoms with Gasteiger partial charge in [-0.15, -0.1) is 0 Å². The number of aromatic nitrogens is 1. The van der Waals surface area contributed by atoms with Gasteiger partial charge in [0.25, 0.3) is 5.91 Å². The third kappa shape index (κ3) is 4.61. The van der Waals surface area contributed by atoms with Crippen molar-refractivity contribution in [3.63, 3.8) is 0 Å². The fraction of sp³-hybridized carbons (Fsp3) is 0.261. The minimum Gasteiger partial charge on any atom is -0.480 e. The Balaban J connectivity index is 1.53. The molecule has 3 aromatic rings. The molecule has 9 heteroatoms. The summed E-state index contributed by atoms with van der Waals surface area (Å²) in [6.07, 6.45) is 0.296. The fourth-order valence-electron chi connectivity index (χ4n) is 4.27. The Hall–Kier alpha value is -3.36. The second kappa shape index (κ2) is 8.64. The number of aromatic amines is 1. The first-order valence-electron chi connectivity index (χ1n) is 10.1. The van der Waals surface area contributed by atoms with E-state index in [0.29, 0.717) is 22.7 Å². The maximum Gasteiger partial charge on any atom is 0.322 e. The van der Waals surface area contributed by atoms with Gasteiger partial charge in [-0.05, 0) is 41.8 Å². The summed E-state index contributed by atoms with van der Waals surface area (Å²) in [5, 5.41) is 26.8. The number of halogens is 1. The standard InChI is InChI=1S/C23H22ClN3O5/c24-15-5-6-18-14(7-15)9-19(27-18)22(31)26-16-8-13-3-1-2-4-17(13)23(32,10-16)11-20(28)25-12-21(29)30/h1-7,9,16,27,32H,8,10-12H2,(H,25,28)(H,26,31)(H,29,30)/t16?,23-/m0/s1. The number of rotatable bonds is 6. The number of benzene rings is 2. The zero-order valence-electron chi connectivity index (χ0n) is 17.0. The highest BCUT2D eigenvalue weighted by Gasteiger charge is 2.41. The van der Waals surface area contributed by atoms with Crippen molar-refractivity contribution >= 4 is 40.3 Å². The minimum atomic E-state index is -1.54. The number of fused-ring (bicyclic) bond motifs is 2. The van der Waals surface area contributed by atoms with Crippen LogP contribution in [0, 0.1) is 0 Å². The monoisotopic (exact) mass is 455 g/mol. The highest BCUT2D eigenvalue weighted by atomic mass is 35.5. The van der Waals surface area contributed by atoms with Crippen molar-refractivity contribution in [3.8, 4) is 0 Å². The quantitative estimate of drug-likeness (QED) is 0.389. The van der Waals surface area contributed by atoms with Gasteiger partial charge in [-0.3, -0.25) is 14.4 Å². The van der Waals surface area contributed by atoms with Crippen LogP contribution < -0.4 is 10.6 Å². The number of carbonyl (C=O) groups excluding carboxylic acids is 2. The van der Waals surface area contributed by atoms with Crippen LogP contribution in [0.15, 0.2) is 48.5 Å². The summed E-state index contributed by atoms with van der Waals surface area (Å²) >= 11 is 6.02. The lowest BCUT2D eigenvalue weighted by Crippen LogP contribution is -2.48. The number of nitrogens with one attached hydrogen (secondary N) is 3. The predicted octanol–water partition coefficient (Wildman–Crippen LogP) is 2.34. The number of carboxylic acid groups (broad SMARTS) is 1. The van der Waals surface area contributed by atoms with Crippen molar-refractivity contribution in [2.45, 2.75) is 30.9 Å². The van der Waals surface area contributed by atoms with Crippen molar-refractivity contribution in [2.75, 3.05) is 6.54 Å². The molecule has 1 heterocycles. The third-order valence-corrected chi connectivity index (χ3v) is 5.86. The first kappa shape index (κ1) is 21.9. The summed E-state index contributed by atoms with van der Waals surface area (Å²) in [6, 6.07) is 13.8. The smallest absolute Gasteiger partial charge is 0.322 e. The van der Waals surface area contributed by atoms with E-state index in [9.17, 15) is 19.5 Å². The first-order valence-corrected chi connectivity index (χ1v) is 10.5. The van der Waals surface area contributed by atoms with Crippen LogP contribution in [-0.2, 0) is 21.6 Å². The maximum atomic E-state index is 12.9. The average Bonchev–Trinajstić information content (AvgIpc) is 3.15. The van der Waals surface area contributed by atoms with Gasteiger partial charge >= 0.3 is 5.97 Å². The van der Waals surface area contributed by atoms with Crippen molar-refractivity contribution in [3.05, 3.63) is 70.4 Å². The van der Waals surface area contributed by atoms with Crippen molar-refractivity contribution < 1.29 is 24.6 Å². The number of H-pyrrole nitrogens is 1. The zero-order chi connectivity index (χ0) is 22.9. The van der Waals surface area contributed by atoms with Gasteiger partial charge in [-0.2, -0.15) is 0 Å². The fourth-order valence-corrected chi connectivity index (χ4v) is 4.45. The lowest BCUT2D eigenvalue weighted by atomic mass is 9.74. The number of aliphatic carboxylic acids is 1. The molecule has 4 rings (SSSR count). The molecule has 0 saturated heterocycles. The number of aliphatic hydroxyl groups is 1. The minimum absolute atomic E-state index is 0.113. The molecule has 5 N–H and O–H groups in total. The van der Waals surface area contributed by atoms with E-state index in [1.165, 1.54) is 0 Å². The highest BCUT2D eigenvalue weighted by molar-refractivity contribution is 6.31. The molecular formula is C23H22ClN3O5. The molecule has 2 aromatic carbocycles. The number of hydrogen-bond acceptors (Lipinski definition) is 4. The number of carboxylic acids is 1. The molecule has 2 amide bonds. The topological polar surface area (TPSA) is 132 Å². The van der Waals surface area contributed by atoms with E-state index >= 15 is 0 Å². The molecule has 0 spiro atoms. The molecule has 1 aliphatic carbocycles. The van der Waals surface area contributed by atoms with E-state index < -0.39 is 30.1 Å². The SMILES string of the molecule is O=C(O)CNC(=O)C[C@@]1(O)CC(NC(=O)c2cc3cc(Cl)ccc3[nH]2)Cc2ccccc21. The van der Waals surface area contributed by atoms with E-state index in [2.05, 4.69) is 15.6 Å². The summed E-state index contributed by atoms with van der Waals surface area (Å²) in [7, 11) is 0. The van der Waals surface area contributed by atoms with Crippen molar-refractivity contribution in [1.29, 1.82) is 0 Å². The van der Waals surface area contributed by atoms with Crippen LogP contribution in [0.5, 0.6) is 0 Å². The molecule has 1 aromatic heterocycles. The van der Waals surface area contributed by atoms with Gasteiger partial charge < -0.3 is 25.8 Å². The van der Waals surface area contributed by atoms with E-state index in [4.69, 9.17) is 16.7 Å². The highest BCUT2D eigenvalue weighted by Crippen LogP contribution is 2.38. The van der Waals surface area contributed by atoms with Crippen LogP contribution in [0.1, 0.15) is 34.5 Å².